The lowest BCUT2D eigenvalue weighted by Gasteiger charge is -2.35. The van der Waals surface area contributed by atoms with Crippen LogP contribution in [0.5, 0.6) is 0 Å². The summed E-state index contributed by atoms with van der Waals surface area (Å²) >= 11 is 0. The van der Waals surface area contributed by atoms with Gasteiger partial charge in [0.2, 0.25) is 0 Å². The Morgan fingerprint density at radius 3 is 2.45 bits per heavy atom. The number of hydrogen-bond donors (Lipinski definition) is 1. The zero-order valence-electron chi connectivity index (χ0n) is 14.6. The Kier molecular flexibility index (Phi) is 9.05. The minimum Gasteiger partial charge on any atom is -0.370 e. The van der Waals surface area contributed by atoms with E-state index in [1.807, 2.05) is 0 Å². The largest absolute Gasteiger partial charge is 0.370 e. The zero-order chi connectivity index (χ0) is 15.2. The predicted molar refractivity (Wildman–Crippen MR) is 106 cm³/mol. The van der Waals surface area contributed by atoms with Crippen LogP contribution in [0.25, 0.3) is 0 Å². The molecule has 22 heavy (non-hydrogen) atoms. The number of rotatable bonds is 4. The Morgan fingerprint density at radius 2 is 1.86 bits per heavy atom. The van der Waals surface area contributed by atoms with Gasteiger partial charge in [0, 0.05) is 19.1 Å². The molecule has 130 valence electrons. The van der Waals surface area contributed by atoms with E-state index in [1.54, 1.807) is 0 Å². The van der Waals surface area contributed by atoms with Gasteiger partial charge in [0.15, 0.2) is 5.96 Å². The molecule has 0 aromatic heterocycles. The number of guanidine groups is 1. The monoisotopic (exact) mass is 422 g/mol. The average molecular weight is 422 g/mol. The summed E-state index contributed by atoms with van der Waals surface area (Å²) in [4.78, 5) is 9.39. The van der Waals surface area contributed by atoms with Crippen LogP contribution in [0.15, 0.2) is 4.99 Å². The van der Waals surface area contributed by atoms with Gasteiger partial charge in [0.05, 0.1) is 6.54 Å². The summed E-state index contributed by atoms with van der Waals surface area (Å²) in [6, 6.07) is 0.547. The SMILES string of the molecule is CC1CCCN(C(N)=NCC(C2CCCCC2)N(C)C)C1.I. The highest BCUT2D eigenvalue weighted by atomic mass is 127. The van der Waals surface area contributed by atoms with Gasteiger partial charge in [-0.2, -0.15) is 0 Å². The summed E-state index contributed by atoms with van der Waals surface area (Å²) in [5.74, 6) is 2.31. The maximum atomic E-state index is 6.25. The molecule has 2 aliphatic rings. The van der Waals surface area contributed by atoms with Crippen LogP contribution in [0.1, 0.15) is 51.9 Å². The van der Waals surface area contributed by atoms with Crippen molar-refractivity contribution in [2.45, 2.75) is 57.9 Å². The van der Waals surface area contributed by atoms with Crippen LogP contribution >= 0.6 is 24.0 Å². The molecular weight excluding hydrogens is 387 g/mol. The predicted octanol–water partition coefficient (Wildman–Crippen LogP) is 3.16. The number of aliphatic imine (C=N–C) groups is 1. The third-order valence-corrected chi connectivity index (χ3v) is 5.28. The third-order valence-electron chi connectivity index (χ3n) is 5.28. The fraction of sp³-hybridized carbons (Fsp3) is 0.941. The van der Waals surface area contributed by atoms with E-state index in [9.17, 15) is 0 Å². The third kappa shape index (κ3) is 5.87. The fourth-order valence-corrected chi connectivity index (χ4v) is 3.94. The molecular formula is C17H35IN4. The minimum atomic E-state index is 0. The molecule has 0 spiro atoms. The lowest BCUT2D eigenvalue weighted by molar-refractivity contribution is 0.175. The van der Waals surface area contributed by atoms with Gasteiger partial charge in [0.1, 0.15) is 0 Å². The maximum Gasteiger partial charge on any atom is 0.191 e. The Balaban J connectivity index is 0.00000242. The molecule has 1 aliphatic carbocycles. The van der Waals surface area contributed by atoms with Crippen LogP contribution in [-0.4, -0.2) is 55.5 Å². The molecule has 1 aliphatic heterocycles. The van der Waals surface area contributed by atoms with Gasteiger partial charge in [-0.25, -0.2) is 0 Å². The zero-order valence-corrected chi connectivity index (χ0v) is 17.0. The standard InChI is InChI=1S/C17H34N4.HI/c1-14-8-7-11-21(13-14)17(18)19-12-16(20(2)3)15-9-5-4-6-10-15;/h14-16H,4-13H2,1-3H3,(H2,18,19);1H. The van der Waals surface area contributed by atoms with Crippen molar-refractivity contribution in [2.75, 3.05) is 33.7 Å². The summed E-state index contributed by atoms with van der Waals surface area (Å²) < 4.78 is 0. The lowest BCUT2D eigenvalue weighted by atomic mass is 9.83. The second-order valence-electron chi connectivity index (χ2n) is 7.32. The molecule has 0 radical (unpaired) electrons. The number of piperidine rings is 1. The molecule has 0 aromatic carbocycles. The van der Waals surface area contributed by atoms with Crippen molar-refractivity contribution in [3.05, 3.63) is 0 Å². The first-order chi connectivity index (χ1) is 10.1. The number of likely N-dealkylation sites (N-methyl/N-ethyl adjacent to an activating group) is 1. The van der Waals surface area contributed by atoms with E-state index >= 15 is 0 Å². The second kappa shape index (κ2) is 9.96. The molecule has 2 atom stereocenters. The molecule has 2 fully saturated rings. The van der Waals surface area contributed by atoms with Crippen LogP contribution in [0.3, 0.4) is 0 Å². The van der Waals surface area contributed by atoms with Gasteiger partial charge in [-0.05, 0) is 51.6 Å². The first-order valence-corrected chi connectivity index (χ1v) is 8.79. The van der Waals surface area contributed by atoms with Gasteiger partial charge >= 0.3 is 0 Å². The molecule has 1 saturated carbocycles. The average Bonchev–Trinajstić information content (AvgIpc) is 2.48. The number of likely N-dealkylation sites (tertiary alicyclic amines) is 1. The smallest absolute Gasteiger partial charge is 0.191 e. The summed E-state index contributed by atoms with van der Waals surface area (Å²) in [5.41, 5.74) is 6.25. The Hall–Kier alpha value is -0.0400. The summed E-state index contributed by atoms with van der Waals surface area (Å²) in [6.07, 6.45) is 9.48. The van der Waals surface area contributed by atoms with Gasteiger partial charge in [-0.3, -0.25) is 4.99 Å². The minimum absolute atomic E-state index is 0. The molecule has 2 rings (SSSR count). The highest BCUT2D eigenvalue weighted by molar-refractivity contribution is 14.0. The molecule has 0 bridgehead atoms. The molecule has 0 amide bonds. The topological polar surface area (TPSA) is 44.9 Å². The van der Waals surface area contributed by atoms with E-state index in [2.05, 4.69) is 30.8 Å². The van der Waals surface area contributed by atoms with Gasteiger partial charge in [-0.15, -0.1) is 24.0 Å². The molecule has 1 heterocycles. The van der Waals surface area contributed by atoms with Crippen molar-refractivity contribution in [1.82, 2.24) is 9.80 Å². The first-order valence-electron chi connectivity index (χ1n) is 8.79. The van der Waals surface area contributed by atoms with Crippen LogP contribution < -0.4 is 5.73 Å². The van der Waals surface area contributed by atoms with Crippen molar-refractivity contribution in [1.29, 1.82) is 0 Å². The molecule has 2 N–H and O–H groups in total. The number of nitrogens with two attached hydrogens (primary N) is 1. The van der Waals surface area contributed by atoms with E-state index in [0.717, 1.165) is 37.4 Å². The summed E-state index contributed by atoms with van der Waals surface area (Å²) in [5, 5.41) is 0. The summed E-state index contributed by atoms with van der Waals surface area (Å²) in [6.45, 7) is 5.32. The fourth-order valence-electron chi connectivity index (χ4n) is 3.94. The number of halogens is 1. The van der Waals surface area contributed by atoms with Crippen LogP contribution in [0.4, 0.5) is 0 Å². The van der Waals surface area contributed by atoms with Gasteiger partial charge < -0.3 is 15.5 Å². The Morgan fingerprint density at radius 1 is 1.18 bits per heavy atom. The Bertz CT molecular complexity index is 340. The summed E-state index contributed by atoms with van der Waals surface area (Å²) in [7, 11) is 4.38. The molecule has 5 heteroatoms. The first kappa shape index (κ1) is 20.0. The lowest BCUT2D eigenvalue weighted by Crippen LogP contribution is -2.45. The highest BCUT2D eigenvalue weighted by Gasteiger charge is 2.25. The number of hydrogen-bond acceptors (Lipinski definition) is 2. The molecule has 1 saturated heterocycles. The van der Waals surface area contributed by atoms with E-state index < -0.39 is 0 Å². The highest BCUT2D eigenvalue weighted by Crippen LogP contribution is 2.28. The van der Waals surface area contributed by atoms with E-state index in [4.69, 9.17) is 10.7 Å². The van der Waals surface area contributed by atoms with Crippen molar-refractivity contribution >= 4 is 29.9 Å². The second-order valence-corrected chi connectivity index (χ2v) is 7.32. The Labute approximate surface area is 153 Å². The molecule has 4 nitrogen and oxygen atoms in total. The number of nitrogens with zero attached hydrogens (tertiary/aromatic N) is 3. The van der Waals surface area contributed by atoms with Gasteiger partial charge in [-0.1, -0.05) is 26.2 Å². The maximum absolute atomic E-state index is 6.25. The van der Waals surface area contributed by atoms with Crippen molar-refractivity contribution < 1.29 is 0 Å². The van der Waals surface area contributed by atoms with Crippen molar-refractivity contribution in [3.63, 3.8) is 0 Å². The molecule has 0 aromatic rings. The van der Waals surface area contributed by atoms with Crippen molar-refractivity contribution in [3.8, 4) is 0 Å². The van der Waals surface area contributed by atoms with Gasteiger partial charge in [0.25, 0.3) is 0 Å². The quantitative estimate of drug-likeness (QED) is 0.430. The molecule has 2 unspecified atom stereocenters. The van der Waals surface area contributed by atoms with Crippen LogP contribution in [0.2, 0.25) is 0 Å². The van der Waals surface area contributed by atoms with Crippen LogP contribution in [-0.2, 0) is 0 Å². The van der Waals surface area contributed by atoms with E-state index in [-0.39, 0.29) is 24.0 Å². The van der Waals surface area contributed by atoms with E-state index in [0.29, 0.717) is 6.04 Å². The normalized spacial score (nSPS) is 25.9. The van der Waals surface area contributed by atoms with Crippen LogP contribution in [0, 0.1) is 11.8 Å². The van der Waals surface area contributed by atoms with Crippen molar-refractivity contribution in [2.24, 2.45) is 22.6 Å². The van der Waals surface area contributed by atoms with E-state index in [1.165, 1.54) is 44.9 Å².